The van der Waals surface area contributed by atoms with E-state index < -0.39 is 11.0 Å². The van der Waals surface area contributed by atoms with Gasteiger partial charge in [-0.2, -0.15) is 0 Å². The van der Waals surface area contributed by atoms with Gasteiger partial charge in [-0.05, 0) is 42.2 Å². The average Bonchev–Trinajstić information content (AvgIpc) is 2.78. The van der Waals surface area contributed by atoms with Gasteiger partial charge in [0, 0.05) is 19.2 Å². The first-order valence-electron chi connectivity index (χ1n) is 10.2. The number of amides is 1. The van der Waals surface area contributed by atoms with Gasteiger partial charge in [0.15, 0.2) is 18.1 Å². The van der Waals surface area contributed by atoms with E-state index in [4.69, 9.17) is 9.47 Å². The van der Waals surface area contributed by atoms with Crippen molar-refractivity contribution < 1.29 is 24.0 Å². The van der Waals surface area contributed by atoms with Crippen LogP contribution in [0.1, 0.15) is 43.9 Å². The van der Waals surface area contributed by atoms with Crippen molar-refractivity contribution in [3.8, 4) is 11.5 Å². The number of hydrogen-bond acceptors (Lipinski definition) is 6. The molecule has 0 spiro atoms. The number of carbonyl (C=O) groups is 2. The molecule has 0 aliphatic rings. The highest BCUT2D eigenvalue weighted by Crippen LogP contribution is 2.32. The lowest BCUT2D eigenvalue weighted by Crippen LogP contribution is -2.33. The lowest BCUT2D eigenvalue weighted by Gasteiger charge is -2.21. The first-order chi connectivity index (χ1) is 14.9. The number of nitrogens with zero attached hydrogens (tertiary/aromatic N) is 2. The van der Waals surface area contributed by atoms with Gasteiger partial charge in [-0.25, -0.2) is 0 Å². The van der Waals surface area contributed by atoms with E-state index in [1.165, 1.54) is 19.2 Å². The number of hydrogen-bond donors (Lipinski definition) is 0. The van der Waals surface area contributed by atoms with Crippen molar-refractivity contribution in [2.75, 3.05) is 20.2 Å². The van der Waals surface area contributed by atoms with Gasteiger partial charge in [-0.15, -0.1) is 0 Å². The Hall–Kier alpha value is -3.42. The maximum Gasteiger partial charge on any atom is 0.311 e. The molecule has 0 aliphatic heterocycles. The van der Waals surface area contributed by atoms with Crippen LogP contribution in [0, 0.1) is 10.1 Å². The standard InChI is InChI=1S/C23H28N2O6/c1-4-12-24(13-5-2)23(27)15-17-6-11-21(20(14-17)25(28)29)31-22(16-26)18-7-9-19(30-3)10-8-18/h6-11,14,16,22H,4-5,12-13,15H2,1-3H3. The van der Waals surface area contributed by atoms with Crippen molar-refractivity contribution >= 4 is 17.9 Å². The highest BCUT2D eigenvalue weighted by molar-refractivity contribution is 5.79. The Bertz CT molecular complexity index is 891. The van der Waals surface area contributed by atoms with Gasteiger partial charge in [0.25, 0.3) is 0 Å². The maximum absolute atomic E-state index is 12.6. The minimum Gasteiger partial charge on any atom is -0.497 e. The highest BCUT2D eigenvalue weighted by Gasteiger charge is 2.22. The number of ether oxygens (including phenoxy) is 2. The third-order valence-electron chi connectivity index (χ3n) is 4.74. The van der Waals surface area contributed by atoms with Gasteiger partial charge in [0.1, 0.15) is 5.75 Å². The zero-order chi connectivity index (χ0) is 22.8. The second-order valence-corrected chi connectivity index (χ2v) is 7.06. The molecule has 2 rings (SSSR count). The fourth-order valence-electron chi connectivity index (χ4n) is 3.21. The van der Waals surface area contributed by atoms with Gasteiger partial charge < -0.3 is 14.4 Å². The van der Waals surface area contributed by atoms with E-state index >= 15 is 0 Å². The van der Waals surface area contributed by atoms with Gasteiger partial charge in [0.2, 0.25) is 5.91 Å². The Kier molecular flexibility index (Phi) is 8.99. The van der Waals surface area contributed by atoms with Crippen LogP contribution in [0.2, 0.25) is 0 Å². The molecule has 2 aromatic rings. The second-order valence-electron chi connectivity index (χ2n) is 7.06. The summed E-state index contributed by atoms with van der Waals surface area (Å²) in [5, 5.41) is 11.6. The van der Waals surface area contributed by atoms with Crippen molar-refractivity contribution in [1.82, 2.24) is 4.90 Å². The number of nitro benzene ring substituents is 1. The Morgan fingerprint density at radius 1 is 1.13 bits per heavy atom. The third kappa shape index (κ3) is 6.53. The van der Waals surface area contributed by atoms with Gasteiger partial charge >= 0.3 is 5.69 Å². The van der Waals surface area contributed by atoms with Crippen LogP contribution in [0.25, 0.3) is 0 Å². The summed E-state index contributed by atoms with van der Waals surface area (Å²) in [6.45, 7) is 5.30. The van der Waals surface area contributed by atoms with E-state index in [-0.39, 0.29) is 23.8 Å². The number of benzene rings is 2. The minimum absolute atomic E-state index is 0.0342. The Balaban J connectivity index is 2.23. The number of methoxy groups -OCH3 is 1. The summed E-state index contributed by atoms with van der Waals surface area (Å²) in [6, 6.07) is 11.1. The van der Waals surface area contributed by atoms with Crippen molar-refractivity contribution in [3.63, 3.8) is 0 Å². The number of rotatable bonds is 12. The lowest BCUT2D eigenvalue weighted by molar-refractivity contribution is -0.386. The van der Waals surface area contributed by atoms with Gasteiger partial charge in [-0.1, -0.05) is 32.0 Å². The predicted molar refractivity (Wildman–Crippen MR) is 116 cm³/mol. The fraction of sp³-hybridized carbons (Fsp3) is 0.391. The lowest BCUT2D eigenvalue weighted by atomic mass is 10.1. The summed E-state index contributed by atoms with van der Waals surface area (Å²) >= 11 is 0. The maximum atomic E-state index is 12.6. The quantitative estimate of drug-likeness (QED) is 0.287. The van der Waals surface area contributed by atoms with E-state index in [1.54, 1.807) is 35.2 Å². The molecule has 0 saturated heterocycles. The molecule has 0 saturated carbocycles. The zero-order valence-corrected chi connectivity index (χ0v) is 18.1. The zero-order valence-electron chi connectivity index (χ0n) is 18.1. The van der Waals surface area contributed by atoms with E-state index in [0.29, 0.717) is 36.3 Å². The molecule has 0 radical (unpaired) electrons. The van der Waals surface area contributed by atoms with Crippen LogP contribution < -0.4 is 9.47 Å². The second kappa shape index (κ2) is 11.7. The van der Waals surface area contributed by atoms with E-state index in [9.17, 15) is 19.7 Å². The molecule has 0 aliphatic carbocycles. The van der Waals surface area contributed by atoms with Crippen molar-refractivity contribution in [1.29, 1.82) is 0 Å². The normalized spacial score (nSPS) is 11.5. The van der Waals surface area contributed by atoms with Gasteiger partial charge in [0.05, 0.1) is 18.5 Å². The molecule has 0 heterocycles. The topological polar surface area (TPSA) is 99.0 Å². The number of aldehydes is 1. The molecule has 0 bridgehead atoms. The summed E-state index contributed by atoms with van der Waals surface area (Å²) in [4.78, 5) is 37.0. The molecule has 31 heavy (non-hydrogen) atoms. The summed E-state index contributed by atoms with van der Waals surface area (Å²) in [5.41, 5.74) is 0.774. The summed E-state index contributed by atoms with van der Waals surface area (Å²) in [6.07, 6.45) is 1.32. The molecule has 166 valence electrons. The molecule has 1 amide bonds. The van der Waals surface area contributed by atoms with Crippen LogP contribution in [-0.2, 0) is 16.0 Å². The van der Waals surface area contributed by atoms with Crippen molar-refractivity contribution in [2.24, 2.45) is 0 Å². The van der Waals surface area contributed by atoms with Crippen LogP contribution in [0.5, 0.6) is 11.5 Å². The molecular formula is C23H28N2O6. The van der Waals surface area contributed by atoms with Crippen LogP contribution in [0.4, 0.5) is 5.69 Å². The largest absolute Gasteiger partial charge is 0.497 e. The minimum atomic E-state index is -1.01. The summed E-state index contributed by atoms with van der Waals surface area (Å²) in [5.74, 6) is 0.511. The average molecular weight is 428 g/mol. The molecule has 8 nitrogen and oxygen atoms in total. The monoisotopic (exact) mass is 428 g/mol. The van der Waals surface area contributed by atoms with Crippen molar-refractivity contribution in [3.05, 3.63) is 63.7 Å². The fourth-order valence-corrected chi connectivity index (χ4v) is 3.21. The van der Waals surface area contributed by atoms with Crippen LogP contribution in [-0.4, -0.2) is 42.2 Å². The Morgan fingerprint density at radius 3 is 2.29 bits per heavy atom. The van der Waals surface area contributed by atoms with Crippen LogP contribution in [0.15, 0.2) is 42.5 Å². The first kappa shape index (κ1) is 23.9. The first-order valence-corrected chi connectivity index (χ1v) is 10.2. The molecule has 2 aromatic carbocycles. The van der Waals surface area contributed by atoms with Crippen LogP contribution in [0.3, 0.4) is 0 Å². The molecule has 0 N–H and O–H groups in total. The molecule has 1 unspecified atom stereocenters. The Morgan fingerprint density at radius 2 is 1.77 bits per heavy atom. The van der Waals surface area contributed by atoms with E-state index in [0.717, 1.165) is 12.8 Å². The molecule has 1 atom stereocenters. The predicted octanol–water partition coefficient (Wildman–Crippen LogP) is 4.11. The number of nitro groups is 1. The SMILES string of the molecule is CCCN(CCC)C(=O)Cc1ccc(OC(C=O)c2ccc(OC)cc2)c([N+](=O)[O-])c1. The van der Waals surface area contributed by atoms with E-state index in [2.05, 4.69) is 0 Å². The smallest absolute Gasteiger partial charge is 0.311 e. The van der Waals surface area contributed by atoms with Crippen molar-refractivity contribution in [2.45, 2.75) is 39.2 Å². The molecule has 0 fully saturated rings. The summed E-state index contributed by atoms with van der Waals surface area (Å²) in [7, 11) is 1.53. The Labute approximate surface area is 181 Å². The van der Waals surface area contributed by atoms with Gasteiger partial charge in [-0.3, -0.25) is 19.7 Å². The summed E-state index contributed by atoms with van der Waals surface area (Å²) < 4.78 is 10.7. The number of carbonyl (C=O) groups excluding carboxylic acids is 2. The van der Waals surface area contributed by atoms with Crippen LogP contribution >= 0.6 is 0 Å². The van der Waals surface area contributed by atoms with E-state index in [1.807, 2.05) is 13.8 Å². The third-order valence-corrected chi connectivity index (χ3v) is 4.74. The molecular weight excluding hydrogens is 400 g/mol. The highest BCUT2D eigenvalue weighted by atomic mass is 16.6. The molecule has 8 heteroatoms. The molecule has 0 aromatic heterocycles.